The average molecular weight is 536 g/mol. The van der Waals surface area contributed by atoms with Gasteiger partial charge >= 0.3 is 6.09 Å². The molecule has 0 fully saturated rings. The molecule has 0 heterocycles. The molecule has 37 heavy (non-hydrogen) atoms. The predicted octanol–water partition coefficient (Wildman–Crippen LogP) is 5.88. The first-order chi connectivity index (χ1) is 17.3. The van der Waals surface area contributed by atoms with Gasteiger partial charge < -0.3 is 20.3 Å². The van der Waals surface area contributed by atoms with Crippen molar-refractivity contribution >= 4 is 30.5 Å². The van der Waals surface area contributed by atoms with Gasteiger partial charge in [0.1, 0.15) is 17.7 Å². The molecule has 0 aliphatic heterocycles. The summed E-state index contributed by atoms with van der Waals surface area (Å²) in [4.78, 5) is 41.9. The first-order valence-electron chi connectivity index (χ1n) is 13.6. The Kier molecular flexibility index (Phi) is 14.1. The number of alkyl carbamates (subject to hydrolysis) is 1. The van der Waals surface area contributed by atoms with Crippen molar-refractivity contribution in [3.05, 3.63) is 34.9 Å². The molecule has 0 aliphatic carbocycles. The second-order valence-electron chi connectivity index (χ2n) is 11.0. The van der Waals surface area contributed by atoms with Crippen molar-refractivity contribution in [3.63, 3.8) is 0 Å². The lowest BCUT2D eigenvalue weighted by atomic mass is 9.97. The Morgan fingerprint density at radius 1 is 0.973 bits per heavy atom. The lowest BCUT2D eigenvalue weighted by Gasteiger charge is -2.35. The number of aryl methyl sites for hydroxylation is 2. The van der Waals surface area contributed by atoms with E-state index in [-0.39, 0.29) is 23.6 Å². The summed E-state index contributed by atoms with van der Waals surface area (Å²) in [5.74, 6) is -0.485. The minimum Gasteiger partial charge on any atom is -0.444 e. The van der Waals surface area contributed by atoms with Gasteiger partial charge in [0, 0.05) is 18.3 Å². The number of unbranched alkanes of at least 4 members (excludes halogenated alkanes) is 3. The SMILES string of the molecule is CCCCCCN(C(=O)C(CS)NC(=O)OC(C)(C)C)C(C(=O)NC(C)CCC)c1cc(C)cc(C)c1. The molecule has 3 amide bonds. The monoisotopic (exact) mass is 535 g/mol. The number of hydrogen-bond donors (Lipinski definition) is 3. The van der Waals surface area contributed by atoms with Crippen LogP contribution in [0.1, 0.15) is 103 Å². The largest absolute Gasteiger partial charge is 0.444 e. The highest BCUT2D eigenvalue weighted by Crippen LogP contribution is 2.26. The molecule has 2 N–H and O–H groups in total. The van der Waals surface area contributed by atoms with Crippen molar-refractivity contribution < 1.29 is 19.1 Å². The molecule has 0 saturated heterocycles. The summed E-state index contributed by atoms with van der Waals surface area (Å²) in [5, 5.41) is 5.79. The number of carbonyl (C=O) groups is 3. The minimum atomic E-state index is -0.932. The van der Waals surface area contributed by atoms with Crippen LogP contribution >= 0.6 is 12.6 Å². The Bertz CT molecular complexity index is 864. The highest BCUT2D eigenvalue weighted by atomic mass is 32.1. The van der Waals surface area contributed by atoms with Crippen LogP contribution in [-0.4, -0.2) is 52.8 Å². The fourth-order valence-electron chi connectivity index (χ4n) is 4.38. The van der Waals surface area contributed by atoms with Gasteiger partial charge in [-0.05, 0) is 59.9 Å². The second kappa shape index (κ2) is 15.9. The minimum absolute atomic E-state index is 0.0245. The first-order valence-corrected chi connectivity index (χ1v) is 14.3. The van der Waals surface area contributed by atoms with E-state index in [1.807, 2.05) is 39.0 Å². The topological polar surface area (TPSA) is 87.7 Å². The molecule has 3 unspecified atom stereocenters. The van der Waals surface area contributed by atoms with Gasteiger partial charge in [0.05, 0.1) is 0 Å². The van der Waals surface area contributed by atoms with Gasteiger partial charge in [-0.3, -0.25) is 9.59 Å². The molecule has 210 valence electrons. The maximum atomic E-state index is 14.0. The standard InChI is InChI=1S/C29H49N3O4S/c1-9-11-12-13-15-32(27(34)24(19-37)31-28(35)36-29(6,7)8)25(26(33)30-22(5)14-10-2)23-17-20(3)16-21(4)18-23/h16-18,22,24-25,37H,9-15,19H2,1-8H3,(H,30,33)(H,31,35). The molecule has 3 atom stereocenters. The van der Waals surface area contributed by atoms with Crippen LogP contribution < -0.4 is 10.6 Å². The van der Waals surface area contributed by atoms with Crippen LogP contribution in [0.5, 0.6) is 0 Å². The van der Waals surface area contributed by atoms with Crippen LogP contribution in [0.3, 0.4) is 0 Å². The van der Waals surface area contributed by atoms with E-state index in [1.54, 1.807) is 25.7 Å². The molecule has 0 aliphatic rings. The quantitative estimate of drug-likeness (QED) is 0.205. The number of nitrogens with one attached hydrogen (secondary N) is 2. The third kappa shape index (κ3) is 11.8. The molecule has 0 spiro atoms. The van der Waals surface area contributed by atoms with Crippen molar-refractivity contribution in [3.8, 4) is 0 Å². The van der Waals surface area contributed by atoms with Crippen LogP contribution in [0.15, 0.2) is 18.2 Å². The second-order valence-corrected chi connectivity index (χ2v) is 11.4. The molecule has 7 nitrogen and oxygen atoms in total. The molecular formula is C29H49N3O4S. The normalized spacial score (nSPS) is 13.9. The Hall–Kier alpha value is -2.22. The summed E-state index contributed by atoms with van der Waals surface area (Å²) >= 11 is 4.37. The van der Waals surface area contributed by atoms with Crippen LogP contribution in [0, 0.1) is 13.8 Å². The molecule has 0 bridgehead atoms. The van der Waals surface area contributed by atoms with E-state index in [0.717, 1.165) is 55.2 Å². The summed E-state index contributed by atoms with van der Waals surface area (Å²) < 4.78 is 5.38. The number of amides is 3. The van der Waals surface area contributed by atoms with Gasteiger partial charge in [-0.15, -0.1) is 0 Å². The van der Waals surface area contributed by atoms with Crippen LogP contribution in [-0.2, 0) is 14.3 Å². The highest BCUT2D eigenvalue weighted by Gasteiger charge is 2.36. The number of ether oxygens (including phenoxy) is 1. The summed E-state index contributed by atoms with van der Waals surface area (Å²) in [6.07, 6.45) is 4.90. The fraction of sp³-hybridized carbons (Fsp3) is 0.690. The van der Waals surface area contributed by atoms with E-state index in [2.05, 4.69) is 37.1 Å². The maximum absolute atomic E-state index is 14.0. The number of thiol groups is 1. The Labute approximate surface area is 229 Å². The molecule has 0 radical (unpaired) electrons. The zero-order valence-electron chi connectivity index (χ0n) is 24.1. The lowest BCUT2D eigenvalue weighted by Crippen LogP contribution is -2.54. The molecule has 8 heteroatoms. The molecular weight excluding hydrogens is 486 g/mol. The number of rotatable bonds is 14. The van der Waals surface area contributed by atoms with E-state index in [4.69, 9.17) is 4.74 Å². The van der Waals surface area contributed by atoms with Crippen LogP contribution in [0.4, 0.5) is 4.79 Å². The van der Waals surface area contributed by atoms with Crippen LogP contribution in [0.2, 0.25) is 0 Å². The Morgan fingerprint density at radius 3 is 2.11 bits per heavy atom. The maximum Gasteiger partial charge on any atom is 0.408 e. The fourth-order valence-corrected chi connectivity index (χ4v) is 4.63. The van der Waals surface area contributed by atoms with Gasteiger partial charge in [0.25, 0.3) is 0 Å². The van der Waals surface area contributed by atoms with E-state index in [1.165, 1.54) is 0 Å². The molecule has 1 aromatic rings. The Balaban J connectivity index is 3.46. The zero-order chi connectivity index (χ0) is 28.2. The van der Waals surface area contributed by atoms with Gasteiger partial charge in [-0.2, -0.15) is 12.6 Å². The molecule has 1 rings (SSSR count). The summed E-state index contributed by atoms with van der Waals surface area (Å²) in [7, 11) is 0. The summed E-state index contributed by atoms with van der Waals surface area (Å²) in [6.45, 7) is 15.9. The van der Waals surface area contributed by atoms with Crippen molar-refractivity contribution in [2.75, 3.05) is 12.3 Å². The van der Waals surface area contributed by atoms with E-state index < -0.39 is 23.8 Å². The van der Waals surface area contributed by atoms with E-state index in [9.17, 15) is 14.4 Å². The average Bonchev–Trinajstić information content (AvgIpc) is 2.77. The molecule has 0 saturated carbocycles. The van der Waals surface area contributed by atoms with E-state index >= 15 is 0 Å². The predicted molar refractivity (Wildman–Crippen MR) is 154 cm³/mol. The summed E-state index contributed by atoms with van der Waals surface area (Å²) in [6, 6.07) is 4.19. The summed E-state index contributed by atoms with van der Waals surface area (Å²) in [5.41, 5.74) is 2.10. The van der Waals surface area contributed by atoms with Gasteiger partial charge in [0.15, 0.2) is 0 Å². The molecule has 1 aromatic carbocycles. The number of nitrogens with zero attached hydrogens (tertiary/aromatic N) is 1. The van der Waals surface area contributed by atoms with Crippen molar-refractivity contribution in [2.45, 2.75) is 118 Å². The van der Waals surface area contributed by atoms with Crippen LogP contribution in [0.25, 0.3) is 0 Å². The number of hydrogen-bond acceptors (Lipinski definition) is 5. The highest BCUT2D eigenvalue weighted by molar-refractivity contribution is 7.80. The van der Waals surface area contributed by atoms with Gasteiger partial charge in [0.2, 0.25) is 11.8 Å². The van der Waals surface area contributed by atoms with E-state index in [0.29, 0.717) is 6.54 Å². The molecule has 0 aromatic heterocycles. The third-order valence-corrected chi connectivity index (χ3v) is 6.30. The zero-order valence-corrected chi connectivity index (χ0v) is 25.0. The van der Waals surface area contributed by atoms with Gasteiger partial charge in [-0.1, -0.05) is 68.9 Å². The first kappa shape index (κ1) is 32.8. The van der Waals surface area contributed by atoms with Gasteiger partial charge in [-0.25, -0.2) is 4.79 Å². The smallest absolute Gasteiger partial charge is 0.408 e. The number of benzene rings is 1. The van der Waals surface area contributed by atoms with Crippen molar-refractivity contribution in [1.82, 2.24) is 15.5 Å². The third-order valence-electron chi connectivity index (χ3n) is 5.94. The number of carbonyl (C=O) groups excluding carboxylic acids is 3. The van der Waals surface area contributed by atoms with Crippen molar-refractivity contribution in [2.24, 2.45) is 0 Å². The van der Waals surface area contributed by atoms with Crippen molar-refractivity contribution in [1.29, 1.82) is 0 Å². The Morgan fingerprint density at radius 2 is 1.59 bits per heavy atom. The lowest BCUT2D eigenvalue weighted by molar-refractivity contribution is -0.142.